The first-order valence-corrected chi connectivity index (χ1v) is 11.5. The summed E-state index contributed by atoms with van der Waals surface area (Å²) in [6, 6.07) is 0. The van der Waals surface area contributed by atoms with Crippen molar-refractivity contribution < 1.29 is 26.7 Å². The Bertz CT molecular complexity index is 441. The third-order valence-electron chi connectivity index (χ3n) is 4.52. The van der Waals surface area contributed by atoms with Gasteiger partial charge >= 0.3 is 45.9 Å². The number of hydrogen-bond donors (Lipinski definition) is 1. The Kier molecular flexibility index (Phi) is 21.5. The summed E-state index contributed by atoms with van der Waals surface area (Å²) >= 11 is 0. The Morgan fingerprint density at radius 3 is 1.74 bits per heavy atom. The van der Waals surface area contributed by atoms with E-state index in [0.717, 1.165) is 44.9 Å². The number of carbonyl (C=O) groups excluding carboxylic acids is 1. The second-order valence-corrected chi connectivity index (χ2v) is 7.99. The summed E-state index contributed by atoms with van der Waals surface area (Å²) in [5, 5.41) is 0. The second kappa shape index (κ2) is 19.6. The van der Waals surface area contributed by atoms with Gasteiger partial charge in [-0.3, -0.25) is 9.35 Å². The molecule has 1 N–H and O–H groups in total. The Labute approximate surface area is 188 Å². The van der Waals surface area contributed by atoms with Crippen molar-refractivity contribution in [3.05, 3.63) is 0 Å². The minimum atomic E-state index is -4.39. The molecule has 0 radical (unpaired) electrons. The van der Waals surface area contributed by atoms with Gasteiger partial charge in [0.25, 0.3) is 0 Å². The van der Waals surface area contributed by atoms with E-state index < -0.39 is 16.5 Å². The zero-order valence-corrected chi connectivity index (χ0v) is 17.4. The molecule has 0 aromatic carbocycles. The van der Waals surface area contributed by atoms with Crippen LogP contribution in [-0.2, 0) is 24.1 Å². The van der Waals surface area contributed by atoms with Gasteiger partial charge in [-0.25, -0.2) is 4.18 Å². The third-order valence-corrected chi connectivity index (χ3v) is 5.04. The molecule has 0 rings (SSSR count). The van der Waals surface area contributed by atoms with E-state index in [0.29, 0.717) is 19.3 Å². The van der Waals surface area contributed by atoms with Crippen LogP contribution in [-0.4, -0.2) is 61.7 Å². The van der Waals surface area contributed by atoms with Crippen molar-refractivity contribution in [1.29, 1.82) is 0 Å². The van der Waals surface area contributed by atoms with Gasteiger partial charge in [0.15, 0.2) is 0 Å². The normalized spacial score (nSPS) is 12.4. The van der Waals surface area contributed by atoms with E-state index in [1.165, 1.54) is 39.2 Å². The number of hydrogen-bond acceptors (Lipinski definition) is 5. The molecule has 0 spiro atoms. The van der Waals surface area contributed by atoms with Gasteiger partial charge in [0.2, 0.25) is 0 Å². The van der Waals surface area contributed by atoms with Crippen molar-refractivity contribution in [2.24, 2.45) is 0 Å². The molecule has 6 nitrogen and oxygen atoms in total. The standard InChI is InChI=1S/C19H38O6S.Na.H/c1-3-4-5-6-7-9-12-15-18(25-26(21,22)23)16-13-10-8-11-14-17-19(20)24-2;;/h18H,3-17H2,1-2H3,(H,21,22,23);;. The molecule has 0 fully saturated rings. The van der Waals surface area contributed by atoms with Crippen molar-refractivity contribution in [3.63, 3.8) is 0 Å². The fourth-order valence-corrected chi connectivity index (χ4v) is 3.55. The number of esters is 1. The number of carbonyl (C=O) groups is 1. The SMILES string of the molecule is CCCCCCCCCC(CCCCCCCC(=O)OC)OS(=O)(=O)O.[NaH]. The maximum atomic E-state index is 11.0. The van der Waals surface area contributed by atoms with Gasteiger partial charge in [-0.2, -0.15) is 8.42 Å². The molecule has 1 atom stereocenters. The molecule has 0 aliphatic rings. The van der Waals surface area contributed by atoms with Crippen LogP contribution in [0.5, 0.6) is 0 Å². The molecule has 1 unspecified atom stereocenters. The van der Waals surface area contributed by atoms with Gasteiger partial charge in [0.05, 0.1) is 13.2 Å². The number of rotatable bonds is 18. The Morgan fingerprint density at radius 1 is 0.852 bits per heavy atom. The van der Waals surface area contributed by atoms with Crippen LogP contribution >= 0.6 is 0 Å². The van der Waals surface area contributed by atoms with Crippen LogP contribution in [0.25, 0.3) is 0 Å². The summed E-state index contributed by atoms with van der Waals surface area (Å²) in [6.45, 7) is 2.19. The number of unbranched alkanes of at least 4 members (excludes halogenated alkanes) is 10. The van der Waals surface area contributed by atoms with Gasteiger partial charge in [0, 0.05) is 6.42 Å². The van der Waals surface area contributed by atoms with Gasteiger partial charge in [-0.15, -0.1) is 0 Å². The van der Waals surface area contributed by atoms with E-state index in [-0.39, 0.29) is 35.5 Å². The first-order chi connectivity index (χ1) is 12.4. The van der Waals surface area contributed by atoms with Crippen molar-refractivity contribution in [2.45, 2.75) is 109 Å². The fraction of sp³-hybridized carbons (Fsp3) is 0.947. The summed E-state index contributed by atoms with van der Waals surface area (Å²) in [7, 11) is -3.00. The predicted octanol–water partition coefficient (Wildman–Crippen LogP) is 4.57. The molecule has 0 aliphatic carbocycles. The number of methoxy groups -OCH3 is 1. The molecule has 0 saturated carbocycles. The summed E-state index contributed by atoms with van der Waals surface area (Å²) in [4.78, 5) is 11.0. The Balaban J connectivity index is 0. The molecule has 0 amide bonds. The van der Waals surface area contributed by atoms with Crippen LogP contribution in [0.3, 0.4) is 0 Å². The average molecular weight is 419 g/mol. The van der Waals surface area contributed by atoms with Crippen LogP contribution < -0.4 is 0 Å². The zero-order valence-electron chi connectivity index (χ0n) is 16.6. The van der Waals surface area contributed by atoms with E-state index in [9.17, 15) is 13.2 Å². The van der Waals surface area contributed by atoms with Gasteiger partial charge in [-0.1, -0.05) is 77.6 Å². The summed E-state index contributed by atoms with van der Waals surface area (Å²) in [6.07, 6.45) is 14.0. The van der Waals surface area contributed by atoms with Crippen LogP contribution in [0.2, 0.25) is 0 Å². The fourth-order valence-electron chi connectivity index (χ4n) is 3.02. The first kappa shape index (κ1) is 29.5. The molecule has 0 aromatic rings. The predicted molar refractivity (Wildman–Crippen MR) is 111 cm³/mol. The van der Waals surface area contributed by atoms with Crippen molar-refractivity contribution >= 4 is 45.9 Å². The second-order valence-electron chi connectivity index (χ2n) is 6.94. The minimum absolute atomic E-state index is 0. The summed E-state index contributed by atoms with van der Waals surface area (Å²) in [5.41, 5.74) is 0. The maximum absolute atomic E-state index is 11.0. The summed E-state index contributed by atoms with van der Waals surface area (Å²) in [5.74, 6) is -0.179. The molecule has 0 saturated heterocycles. The van der Waals surface area contributed by atoms with E-state index in [4.69, 9.17) is 8.74 Å². The van der Waals surface area contributed by atoms with E-state index in [1.807, 2.05) is 0 Å². The van der Waals surface area contributed by atoms with Crippen LogP contribution in [0, 0.1) is 0 Å². The topological polar surface area (TPSA) is 89.9 Å². The van der Waals surface area contributed by atoms with Crippen LogP contribution in [0.15, 0.2) is 0 Å². The molecule has 0 aliphatic heterocycles. The monoisotopic (exact) mass is 418 g/mol. The van der Waals surface area contributed by atoms with E-state index in [2.05, 4.69) is 11.7 Å². The zero-order chi connectivity index (χ0) is 19.7. The molecular formula is C19H39NaO6S. The average Bonchev–Trinajstić information content (AvgIpc) is 2.58. The quantitative estimate of drug-likeness (QED) is 0.152. The summed E-state index contributed by atoms with van der Waals surface area (Å²) < 4.78 is 40.4. The van der Waals surface area contributed by atoms with Gasteiger partial charge in [-0.05, 0) is 19.3 Å². The molecular weight excluding hydrogens is 379 g/mol. The molecule has 0 aromatic heterocycles. The molecule has 158 valence electrons. The Hall–Kier alpha value is 0.340. The Morgan fingerprint density at radius 2 is 1.30 bits per heavy atom. The van der Waals surface area contributed by atoms with E-state index in [1.54, 1.807) is 0 Å². The number of ether oxygens (including phenoxy) is 1. The van der Waals surface area contributed by atoms with Gasteiger partial charge in [0.1, 0.15) is 0 Å². The van der Waals surface area contributed by atoms with Crippen molar-refractivity contribution in [3.8, 4) is 0 Å². The molecule has 0 bridgehead atoms. The van der Waals surface area contributed by atoms with E-state index >= 15 is 0 Å². The first-order valence-electron chi connectivity index (χ1n) is 10.1. The van der Waals surface area contributed by atoms with Crippen molar-refractivity contribution in [1.82, 2.24) is 0 Å². The molecule has 0 heterocycles. The molecule has 27 heavy (non-hydrogen) atoms. The third kappa shape index (κ3) is 22.5. The van der Waals surface area contributed by atoms with Crippen molar-refractivity contribution in [2.75, 3.05) is 7.11 Å². The van der Waals surface area contributed by atoms with Crippen LogP contribution in [0.1, 0.15) is 103 Å². The molecule has 8 heteroatoms. The van der Waals surface area contributed by atoms with Crippen LogP contribution in [0.4, 0.5) is 0 Å². The van der Waals surface area contributed by atoms with Gasteiger partial charge < -0.3 is 4.74 Å².